The van der Waals surface area contributed by atoms with Gasteiger partial charge in [-0.25, -0.2) is 0 Å². The molecule has 0 aliphatic carbocycles. The summed E-state index contributed by atoms with van der Waals surface area (Å²) < 4.78 is 6.38. The Bertz CT molecular complexity index is 419. The summed E-state index contributed by atoms with van der Waals surface area (Å²) in [7, 11) is 0. The number of aromatic nitrogens is 2. The molecule has 0 N–H and O–H groups in total. The summed E-state index contributed by atoms with van der Waals surface area (Å²) in [5, 5.41) is 7.54. The van der Waals surface area contributed by atoms with Crippen molar-refractivity contribution in [1.29, 1.82) is 0 Å². The molecule has 0 fully saturated rings. The highest BCUT2D eigenvalue weighted by Crippen LogP contribution is 2.27. The fourth-order valence-electron chi connectivity index (χ4n) is 0.982. The molecule has 4 heteroatoms. The molecule has 0 aliphatic heterocycles. The Morgan fingerprint density at radius 3 is 2.64 bits per heavy atom. The minimum atomic E-state index is 0.486. The van der Waals surface area contributed by atoms with Crippen LogP contribution in [0.4, 0.5) is 0 Å². The van der Waals surface area contributed by atoms with Gasteiger partial charge in [-0.1, -0.05) is 12.1 Å². The van der Waals surface area contributed by atoms with Crippen molar-refractivity contribution >= 4 is 15.9 Å². The molecule has 1 aromatic carbocycles. The van der Waals surface area contributed by atoms with E-state index in [4.69, 9.17) is 4.74 Å². The molecule has 0 unspecified atom stereocenters. The van der Waals surface area contributed by atoms with Crippen LogP contribution in [0.1, 0.15) is 0 Å². The minimum Gasteiger partial charge on any atom is -0.436 e. The van der Waals surface area contributed by atoms with Gasteiger partial charge >= 0.3 is 0 Å². The van der Waals surface area contributed by atoms with E-state index in [0.29, 0.717) is 5.88 Å². The number of halogens is 1. The van der Waals surface area contributed by atoms with Crippen molar-refractivity contribution < 1.29 is 4.74 Å². The number of ether oxygens (including phenoxy) is 1. The first-order valence-corrected chi connectivity index (χ1v) is 4.85. The molecule has 2 aromatic rings. The lowest BCUT2D eigenvalue weighted by molar-refractivity contribution is 0.452. The molecule has 1 heterocycles. The summed E-state index contributed by atoms with van der Waals surface area (Å²) in [5.41, 5.74) is 0. The molecular weight excluding hydrogens is 244 g/mol. The fraction of sp³-hybridized carbons (Fsp3) is 0. The van der Waals surface area contributed by atoms with Gasteiger partial charge in [0.05, 0.1) is 4.47 Å². The van der Waals surface area contributed by atoms with Crippen molar-refractivity contribution in [3.05, 3.63) is 47.1 Å². The second-order valence-electron chi connectivity index (χ2n) is 2.59. The van der Waals surface area contributed by atoms with Crippen LogP contribution in [-0.4, -0.2) is 10.2 Å². The number of hydrogen-bond acceptors (Lipinski definition) is 3. The largest absolute Gasteiger partial charge is 0.436 e. The second-order valence-corrected chi connectivity index (χ2v) is 3.45. The van der Waals surface area contributed by atoms with Crippen LogP contribution < -0.4 is 4.74 Å². The third-order valence-corrected chi connectivity index (χ3v) is 2.25. The molecule has 0 amide bonds. The lowest BCUT2D eigenvalue weighted by Crippen LogP contribution is -1.89. The third-order valence-electron chi connectivity index (χ3n) is 1.60. The predicted molar refractivity (Wildman–Crippen MR) is 56.2 cm³/mol. The second kappa shape index (κ2) is 4.19. The van der Waals surface area contributed by atoms with Gasteiger partial charge in [0.1, 0.15) is 5.75 Å². The highest BCUT2D eigenvalue weighted by Gasteiger charge is 2.01. The Morgan fingerprint density at radius 1 is 1.07 bits per heavy atom. The normalized spacial score (nSPS) is 9.79. The van der Waals surface area contributed by atoms with Gasteiger partial charge in [0.25, 0.3) is 0 Å². The van der Waals surface area contributed by atoms with E-state index in [2.05, 4.69) is 26.1 Å². The standard InChI is InChI=1S/C10H7BrN2O/c11-8-4-1-2-5-9(8)14-10-6-3-7-12-13-10/h1-7H. The lowest BCUT2D eigenvalue weighted by Gasteiger charge is -2.04. The topological polar surface area (TPSA) is 35.0 Å². The first kappa shape index (κ1) is 9.15. The fourth-order valence-corrected chi connectivity index (χ4v) is 1.35. The molecule has 0 saturated heterocycles. The SMILES string of the molecule is Brc1ccccc1Oc1cccnn1. The molecule has 0 spiro atoms. The van der Waals surface area contributed by atoms with E-state index >= 15 is 0 Å². The quantitative estimate of drug-likeness (QED) is 0.822. The Labute approximate surface area is 89.9 Å². The van der Waals surface area contributed by atoms with Gasteiger partial charge in [-0.05, 0) is 34.1 Å². The lowest BCUT2D eigenvalue weighted by atomic mass is 10.3. The van der Waals surface area contributed by atoms with E-state index in [0.717, 1.165) is 10.2 Å². The van der Waals surface area contributed by atoms with E-state index < -0.39 is 0 Å². The van der Waals surface area contributed by atoms with Crippen LogP contribution in [0.2, 0.25) is 0 Å². The summed E-state index contributed by atoms with van der Waals surface area (Å²) in [4.78, 5) is 0. The molecule has 0 radical (unpaired) electrons. The average molecular weight is 251 g/mol. The summed E-state index contributed by atoms with van der Waals surface area (Å²) in [5.74, 6) is 1.22. The van der Waals surface area contributed by atoms with Crippen LogP contribution in [0.25, 0.3) is 0 Å². The molecular formula is C10H7BrN2O. The van der Waals surface area contributed by atoms with Crippen molar-refractivity contribution in [3.8, 4) is 11.6 Å². The van der Waals surface area contributed by atoms with Gasteiger partial charge in [-0.15, -0.1) is 5.10 Å². The van der Waals surface area contributed by atoms with E-state index in [9.17, 15) is 0 Å². The van der Waals surface area contributed by atoms with Gasteiger partial charge in [0, 0.05) is 12.3 Å². The van der Waals surface area contributed by atoms with E-state index in [1.807, 2.05) is 24.3 Å². The number of para-hydroxylation sites is 1. The van der Waals surface area contributed by atoms with E-state index in [1.54, 1.807) is 18.3 Å². The molecule has 0 bridgehead atoms. The monoisotopic (exact) mass is 250 g/mol. The summed E-state index contributed by atoms with van der Waals surface area (Å²) >= 11 is 3.38. The van der Waals surface area contributed by atoms with Gasteiger partial charge in [-0.2, -0.15) is 5.10 Å². The maximum Gasteiger partial charge on any atom is 0.238 e. The Morgan fingerprint density at radius 2 is 1.93 bits per heavy atom. The van der Waals surface area contributed by atoms with Crippen molar-refractivity contribution in [2.75, 3.05) is 0 Å². The maximum atomic E-state index is 5.49. The third kappa shape index (κ3) is 2.09. The summed E-state index contributed by atoms with van der Waals surface area (Å²) in [6.07, 6.45) is 1.60. The number of nitrogens with zero attached hydrogens (tertiary/aromatic N) is 2. The molecule has 14 heavy (non-hydrogen) atoms. The van der Waals surface area contributed by atoms with Crippen LogP contribution in [0.3, 0.4) is 0 Å². The predicted octanol–water partition coefficient (Wildman–Crippen LogP) is 3.03. The molecule has 2 rings (SSSR count). The van der Waals surface area contributed by atoms with Gasteiger partial charge in [0.2, 0.25) is 5.88 Å². The smallest absolute Gasteiger partial charge is 0.238 e. The Kier molecular flexibility index (Phi) is 2.74. The van der Waals surface area contributed by atoms with Crippen molar-refractivity contribution in [3.63, 3.8) is 0 Å². The summed E-state index contributed by atoms with van der Waals surface area (Å²) in [6, 6.07) is 11.1. The van der Waals surface area contributed by atoms with Gasteiger partial charge < -0.3 is 4.74 Å². The zero-order chi connectivity index (χ0) is 9.80. The zero-order valence-electron chi connectivity index (χ0n) is 7.22. The van der Waals surface area contributed by atoms with Crippen LogP contribution in [-0.2, 0) is 0 Å². The minimum absolute atomic E-state index is 0.486. The molecule has 0 aliphatic rings. The summed E-state index contributed by atoms with van der Waals surface area (Å²) in [6.45, 7) is 0. The van der Waals surface area contributed by atoms with E-state index in [-0.39, 0.29) is 0 Å². The van der Waals surface area contributed by atoms with Crippen LogP contribution in [0.15, 0.2) is 47.1 Å². The highest BCUT2D eigenvalue weighted by molar-refractivity contribution is 9.10. The first-order chi connectivity index (χ1) is 6.86. The van der Waals surface area contributed by atoms with Crippen LogP contribution in [0, 0.1) is 0 Å². The molecule has 0 atom stereocenters. The number of benzene rings is 1. The highest BCUT2D eigenvalue weighted by atomic mass is 79.9. The average Bonchev–Trinajstić information content (AvgIpc) is 2.23. The molecule has 1 aromatic heterocycles. The first-order valence-electron chi connectivity index (χ1n) is 4.06. The Balaban J connectivity index is 2.24. The van der Waals surface area contributed by atoms with Crippen LogP contribution >= 0.6 is 15.9 Å². The maximum absolute atomic E-state index is 5.49. The number of hydrogen-bond donors (Lipinski definition) is 0. The number of rotatable bonds is 2. The van der Waals surface area contributed by atoms with Gasteiger partial charge in [0.15, 0.2) is 0 Å². The zero-order valence-corrected chi connectivity index (χ0v) is 8.81. The Hall–Kier alpha value is -1.42. The van der Waals surface area contributed by atoms with Crippen LogP contribution in [0.5, 0.6) is 11.6 Å². The van der Waals surface area contributed by atoms with Crippen molar-refractivity contribution in [1.82, 2.24) is 10.2 Å². The van der Waals surface area contributed by atoms with Gasteiger partial charge in [-0.3, -0.25) is 0 Å². The van der Waals surface area contributed by atoms with Crippen molar-refractivity contribution in [2.24, 2.45) is 0 Å². The van der Waals surface area contributed by atoms with E-state index in [1.165, 1.54) is 0 Å². The molecule has 0 saturated carbocycles. The molecule has 3 nitrogen and oxygen atoms in total. The van der Waals surface area contributed by atoms with Crippen molar-refractivity contribution in [2.45, 2.75) is 0 Å². The molecule has 70 valence electrons.